The van der Waals surface area contributed by atoms with Gasteiger partial charge in [-0.1, -0.05) is 59.6 Å². The van der Waals surface area contributed by atoms with E-state index in [0.29, 0.717) is 0 Å². The van der Waals surface area contributed by atoms with Crippen LogP contribution in [0.3, 0.4) is 0 Å². The summed E-state index contributed by atoms with van der Waals surface area (Å²) in [7, 11) is 0. The highest BCUT2D eigenvalue weighted by molar-refractivity contribution is 6.30. The Kier molecular flexibility index (Phi) is 4.52. The lowest BCUT2D eigenvalue weighted by Gasteiger charge is -2.12. The number of fused-ring (bicyclic) bond motifs is 1. The van der Waals surface area contributed by atoms with Gasteiger partial charge in [-0.3, -0.25) is 0 Å². The summed E-state index contributed by atoms with van der Waals surface area (Å²) in [5, 5.41) is 0.762. The predicted molar refractivity (Wildman–Crippen MR) is 109 cm³/mol. The van der Waals surface area contributed by atoms with Crippen LogP contribution in [0.15, 0.2) is 66.7 Å². The van der Waals surface area contributed by atoms with Gasteiger partial charge < -0.3 is 4.57 Å². The van der Waals surface area contributed by atoms with Crippen LogP contribution in [0.5, 0.6) is 0 Å². The molecule has 0 amide bonds. The van der Waals surface area contributed by atoms with Crippen molar-refractivity contribution < 1.29 is 0 Å². The number of halogens is 1. The monoisotopic (exact) mass is 360 g/mol. The van der Waals surface area contributed by atoms with Crippen LogP contribution in [-0.2, 0) is 13.0 Å². The third kappa shape index (κ3) is 3.38. The molecule has 0 aliphatic carbocycles. The molecule has 3 aromatic carbocycles. The zero-order valence-electron chi connectivity index (χ0n) is 15.0. The Morgan fingerprint density at radius 3 is 2.50 bits per heavy atom. The zero-order valence-corrected chi connectivity index (χ0v) is 15.8. The van der Waals surface area contributed by atoms with Gasteiger partial charge in [0.15, 0.2) is 0 Å². The van der Waals surface area contributed by atoms with E-state index >= 15 is 0 Å². The van der Waals surface area contributed by atoms with E-state index in [0.717, 1.165) is 29.3 Å². The van der Waals surface area contributed by atoms with Gasteiger partial charge in [0.1, 0.15) is 5.82 Å². The number of aryl methyl sites for hydroxylation is 2. The second-order valence-electron chi connectivity index (χ2n) is 6.84. The summed E-state index contributed by atoms with van der Waals surface area (Å²) in [6.07, 6.45) is 0.788. The van der Waals surface area contributed by atoms with Crippen LogP contribution in [0.25, 0.3) is 11.0 Å². The van der Waals surface area contributed by atoms with E-state index in [1.165, 1.54) is 27.8 Å². The maximum atomic E-state index is 6.03. The van der Waals surface area contributed by atoms with Crippen molar-refractivity contribution in [1.82, 2.24) is 9.55 Å². The minimum atomic E-state index is 0.762. The largest absolute Gasteiger partial charge is 0.323 e. The van der Waals surface area contributed by atoms with Crippen LogP contribution in [0, 0.1) is 13.8 Å². The van der Waals surface area contributed by atoms with E-state index in [4.69, 9.17) is 16.6 Å². The Labute approximate surface area is 159 Å². The average Bonchev–Trinajstić information content (AvgIpc) is 2.97. The molecule has 0 saturated heterocycles. The van der Waals surface area contributed by atoms with Crippen LogP contribution >= 0.6 is 11.6 Å². The second-order valence-corrected chi connectivity index (χ2v) is 7.27. The van der Waals surface area contributed by atoms with Crippen molar-refractivity contribution in [2.45, 2.75) is 26.8 Å². The molecule has 1 aromatic heterocycles. The first-order valence-corrected chi connectivity index (χ1v) is 9.23. The first kappa shape index (κ1) is 16.9. The van der Waals surface area contributed by atoms with Gasteiger partial charge in [0.2, 0.25) is 0 Å². The van der Waals surface area contributed by atoms with Crippen molar-refractivity contribution in [2.24, 2.45) is 0 Å². The molecule has 3 heteroatoms. The molecule has 0 spiro atoms. The molecule has 0 saturated carbocycles. The van der Waals surface area contributed by atoms with Crippen molar-refractivity contribution in [3.63, 3.8) is 0 Å². The molecule has 4 aromatic rings. The minimum Gasteiger partial charge on any atom is -0.323 e. The van der Waals surface area contributed by atoms with E-state index in [9.17, 15) is 0 Å². The van der Waals surface area contributed by atoms with Gasteiger partial charge in [-0.15, -0.1) is 0 Å². The summed E-state index contributed by atoms with van der Waals surface area (Å²) < 4.78 is 2.34. The van der Waals surface area contributed by atoms with Crippen LogP contribution < -0.4 is 0 Å². The Balaban J connectivity index is 1.78. The molecule has 0 bridgehead atoms. The van der Waals surface area contributed by atoms with E-state index in [1.807, 2.05) is 18.2 Å². The number of aromatic nitrogens is 2. The van der Waals surface area contributed by atoms with E-state index in [1.54, 1.807) is 0 Å². The molecule has 26 heavy (non-hydrogen) atoms. The van der Waals surface area contributed by atoms with Crippen molar-refractivity contribution in [1.29, 1.82) is 0 Å². The lowest BCUT2D eigenvalue weighted by molar-refractivity contribution is 0.758. The lowest BCUT2D eigenvalue weighted by atomic mass is 10.1. The summed E-state index contributed by atoms with van der Waals surface area (Å²) in [6.45, 7) is 5.15. The highest BCUT2D eigenvalue weighted by Crippen LogP contribution is 2.22. The maximum absolute atomic E-state index is 6.03. The fourth-order valence-corrected chi connectivity index (χ4v) is 3.49. The standard InChI is InChI=1S/C23H21ClN2/c1-16-7-8-17(2)19(13-16)15-26-22-6-4-3-5-21(22)25-23(26)14-18-9-11-20(24)12-10-18/h3-13H,14-15H2,1-2H3. The second kappa shape index (κ2) is 6.97. The molecule has 0 fully saturated rings. The molecule has 130 valence electrons. The van der Waals surface area contributed by atoms with E-state index < -0.39 is 0 Å². The molecule has 2 nitrogen and oxygen atoms in total. The minimum absolute atomic E-state index is 0.762. The van der Waals surface area contributed by atoms with Gasteiger partial charge >= 0.3 is 0 Å². The Morgan fingerprint density at radius 1 is 0.923 bits per heavy atom. The van der Waals surface area contributed by atoms with E-state index in [-0.39, 0.29) is 0 Å². The fourth-order valence-electron chi connectivity index (χ4n) is 3.36. The highest BCUT2D eigenvalue weighted by atomic mass is 35.5. The number of hydrogen-bond acceptors (Lipinski definition) is 1. The zero-order chi connectivity index (χ0) is 18.1. The van der Waals surface area contributed by atoms with Gasteiger partial charge in [0.05, 0.1) is 11.0 Å². The summed E-state index contributed by atoms with van der Waals surface area (Å²) in [4.78, 5) is 4.91. The molecule has 0 aliphatic heterocycles. The molecular formula is C23H21ClN2. The van der Waals surface area contributed by atoms with Gasteiger partial charge in [0.25, 0.3) is 0 Å². The molecule has 4 rings (SSSR count). The van der Waals surface area contributed by atoms with Gasteiger partial charge in [-0.2, -0.15) is 0 Å². The predicted octanol–water partition coefficient (Wildman–Crippen LogP) is 5.95. The third-order valence-corrected chi connectivity index (χ3v) is 5.09. The molecule has 1 heterocycles. The average molecular weight is 361 g/mol. The van der Waals surface area contributed by atoms with Crippen LogP contribution in [0.1, 0.15) is 28.1 Å². The normalized spacial score (nSPS) is 11.2. The SMILES string of the molecule is Cc1ccc(C)c(Cn2c(Cc3ccc(Cl)cc3)nc3ccccc32)c1. The molecular weight excluding hydrogens is 340 g/mol. The maximum Gasteiger partial charge on any atom is 0.114 e. The van der Waals surface area contributed by atoms with Crippen LogP contribution in [0.2, 0.25) is 5.02 Å². The van der Waals surface area contributed by atoms with Gasteiger partial charge in [-0.25, -0.2) is 4.98 Å². The van der Waals surface area contributed by atoms with Gasteiger partial charge in [-0.05, 0) is 54.8 Å². The Bertz CT molecular complexity index is 1060. The fraction of sp³-hybridized carbons (Fsp3) is 0.174. The smallest absolute Gasteiger partial charge is 0.114 e. The van der Waals surface area contributed by atoms with Crippen LogP contribution in [-0.4, -0.2) is 9.55 Å². The molecule has 0 N–H and O–H groups in total. The molecule has 0 atom stereocenters. The van der Waals surface area contributed by atoms with Crippen molar-refractivity contribution in [2.75, 3.05) is 0 Å². The number of para-hydroxylation sites is 2. The molecule has 0 unspecified atom stereocenters. The summed E-state index contributed by atoms with van der Waals surface area (Å²) in [5.74, 6) is 1.08. The molecule has 0 radical (unpaired) electrons. The number of benzene rings is 3. The van der Waals surface area contributed by atoms with Gasteiger partial charge in [0, 0.05) is 18.0 Å². The number of hydrogen-bond donors (Lipinski definition) is 0. The third-order valence-electron chi connectivity index (χ3n) is 4.84. The number of imidazole rings is 1. The van der Waals surface area contributed by atoms with Crippen molar-refractivity contribution in [3.8, 4) is 0 Å². The number of rotatable bonds is 4. The first-order chi connectivity index (χ1) is 12.6. The van der Waals surface area contributed by atoms with Crippen LogP contribution in [0.4, 0.5) is 0 Å². The van der Waals surface area contributed by atoms with Crippen molar-refractivity contribution in [3.05, 3.63) is 99.8 Å². The highest BCUT2D eigenvalue weighted by Gasteiger charge is 2.12. The summed E-state index contributed by atoms with van der Waals surface area (Å²) in [5.41, 5.74) is 7.37. The molecule has 0 aliphatic rings. The summed E-state index contributed by atoms with van der Waals surface area (Å²) >= 11 is 6.03. The first-order valence-electron chi connectivity index (χ1n) is 8.85. The quantitative estimate of drug-likeness (QED) is 0.440. The lowest BCUT2D eigenvalue weighted by Crippen LogP contribution is -2.07. The topological polar surface area (TPSA) is 17.8 Å². The van der Waals surface area contributed by atoms with Crippen molar-refractivity contribution >= 4 is 22.6 Å². The summed E-state index contributed by atoms with van der Waals surface area (Å²) in [6, 6.07) is 23.0. The number of nitrogens with zero attached hydrogens (tertiary/aromatic N) is 2. The Hall–Kier alpha value is -2.58. The van der Waals surface area contributed by atoms with E-state index in [2.05, 4.69) is 66.9 Å². The Morgan fingerprint density at radius 2 is 1.69 bits per heavy atom.